The molecule has 0 aliphatic carbocycles. The maximum absolute atomic E-state index is 10.0. The van der Waals surface area contributed by atoms with Crippen LogP contribution >= 0.6 is 0 Å². The van der Waals surface area contributed by atoms with Crippen molar-refractivity contribution in [1.82, 2.24) is 9.55 Å². The number of imidazole rings is 1. The Balaban J connectivity index is 1.95. The van der Waals surface area contributed by atoms with Crippen LogP contribution in [0, 0.1) is 0 Å². The lowest BCUT2D eigenvalue weighted by atomic mass is 10.0. The fraction of sp³-hybridized carbons (Fsp3) is 0.812. The van der Waals surface area contributed by atoms with E-state index in [1.807, 2.05) is 17.8 Å². The van der Waals surface area contributed by atoms with Crippen LogP contribution in [0.3, 0.4) is 0 Å². The van der Waals surface area contributed by atoms with Crippen LogP contribution in [0.25, 0.3) is 0 Å². The van der Waals surface area contributed by atoms with Gasteiger partial charge in [-0.25, -0.2) is 4.98 Å². The van der Waals surface area contributed by atoms with Crippen LogP contribution in [-0.2, 0) is 7.05 Å². The molecule has 19 heavy (non-hydrogen) atoms. The van der Waals surface area contributed by atoms with Gasteiger partial charge in [0, 0.05) is 19.4 Å². The van der Waals surface area contributed by atoms with Crippen molar-refractivity contribution in [2.45, 2.75) is 77.2 Å². The lowest BCUT2D eigenvalue weighted by Gasteiger charge is -2.10. The van der Waals surface area contributed by atoms with E-state index in [0.717, 1.165) is 18.7 Å². The van der Waals surface area contributed by atoms with Gasteiger partial charge in [0.05, 0.1) is 0 Å². The third-order valence-corrected chi connectivity index (χ3v) is 3.74. The number of hydrogen-bond donors (Lipinski definition) is 1. The maximum atomic E-state index is 10.0. The number of hydrogen-bond acceptors (Lipinski definition) is 2. The molecule has 1 aromatic rings. The number of aliphatic hydroxyl groups excluding tert-OH is 1. The first-order valence-electron chi connectivity index (χ1n) is 7.91. The third-order valence-electron chi connectivity index (χ3n) is 3.74. The summed E-state index contributed by atoms with van der Waals surface area (Å²) >= 11 is 0. The van der Waals surface area contributed by atoms with Gasteiger partial charge in [0.1, 0.15) is 11.9 Å². The van der Waals surface area contributed by atoms with Gasteiger partial charge >= 0.3 is 0 Å². The Morgan fingerprint density at radius 2 is 1.63 bits per heavy atom. The van der Waals surface area contributed by atoms with E-state index in [1.54, 1.807) is 6.20 Å². The van der Waals surface area contributed by atoms with E-state index in [-0.39, 0.29) is 0 Å². The van der Waals surface area contributed by atoms with Gasteiger partial charge < -0.3 is 9.67 Å². The summed E-state index contributed by atoms with van der Waals surface area (Å²) in [7, 11) is 1.93. The Morgan fingerprint density at radius 3 is 2.16 bits per heavy atom. The smallest absolute Gasteiger partial charge is 0.137 e. The molecule has 0 aromatic carbocycles. The molecule has 3 heteroatoms. The predicted octanol–water partition coefficient (Wildman–Crippen LogP) is 4.37. The molecule has 1 atom stereocenters. The molecule has 1 unspecified atom stereocenters. The van der Waals surface area contributed by atoms with Crippen LogP contribution in [0.4, 0.5) is 0 Å². The number of unbranched alkanes of at least 4 members (excludes halogenated alkanes) is 8. The first-order chi connectivity index (χ1) is 9.25. The van der Waals surface area contributed by atoms with E-state index in [1.165, 1.54) is 51.4 Å². The number of nitrogens with zero attached hydrogens (tertiary/aromatic N) is 2. The number of rotatable bonds is 11. The van der Waals surface area contributed by atoms with Crippen molar-refractivity contribution >= 4 is 0 Å². The molecule has 0 aliphatic heterocycles. The molecular formula is C16H30N2O. The van der Waals surface area contributed by atoms with Gasteiger partial charge in [-0.05, 0) is 6.42 Å². The lowest BCUT2D eigenvalue weighted by molar-refractivity contribution is 0.150. The van der Waals surface area contributed by atoms with E-state index in [9.17, 15) is 5.11 Å². The Kier molecular flexibility index (Phi) is 8.55. The minimum Gasteiger partial charge on any atom is -0.385 e. The SMILES string of the molecule is CCCCCCCCCCCC(O)c1nccn1C. The summed E-state index contributed by atoms with van der Waals surface area (Å²) in [6, 6.07) is 0. The Labute approximate surface area is 118 Å². The minimum absolute atomic E-state index is 0.399. The largest absolute Gasteiger partial charge is 0.385 e. The van der Waals surface area contributed by atoms with Gasteiger partial charge in [-0.15, -0.1) is 0 Å². The van der Waals surface area contributed by atoms with Crippen LogP contribution in [0.2, 0.25) is 0 Å². The topological polar surface area (TPSA) is 38.1 Å². The minimum atomic E-state index is -0.399. The monoisotopic (exact) mass is 266 g/mol. The van der Waals surface area contributed by atoms with Crippen LogP contribution in [0.5, 0.6) is 0 Å². The van der Waals surface area contributed by atoms with Crippen molar-refractivity contribution in [3.63, 3.8) is 0 Å². The van der Waals surface area contributed by atoms with Gasteiger partial charge in [0.2, 0.25) is 0 Å². The second kappa shape index (κ2) is 10.0. The molecule has 1 heterocycles. The number of aryl methyl sites for hydroxylation is 1. The van der Waals surface area contributed by atoms with E-state index in [0.29, 0.717) is 0 Å². The average Bonchev–Trinajstić information content (AvgIpc) is 2.83. The van der Waals surface area contributed by atoms with Crippen molar-refractivity contribution in [3.05, 3.63) is 18.2 Å². The summed E-state index contributed by atoms with van der Waals surface area (Å²) in [5, 5.41) is 10.0. The number of aliphatic hydroxyl groups is 1. The molecule has 0 amide bonds. The summed E-state index contributed by atoms with van der Waals surface area (Å²) in [6.07, 6.45) is 15.9. The van der Waals surface area contributed by atoms with Crippen molar-refractivity contribution in [2.75, 3.05) is 0 Å². The summed E-state index contributed by atoms with van der Waals surface area (Å²) in [5.74, 6) is 0.791. The molecule has 0 radical (unpaired) electrons. The molecule has 0 saturated carbocycles. The van der Waals surface area contributed by atoms with E-state index in [4.69, 9.17) is 0 Å². The predicted molar refractivity (Wildman–Crippen MR) is 80.0 cm³/mol. The first-order valence-corrected chi connectivity index (χ1v) is 7.91. The highest BCUT2D eigenvalue weighted by Crippen LogP contribution is 2.18. The van der Waals surface area contributed by atoms with Crippen LogP contribution in [-0.4, -0.2) is 14.7 Å². The summed E-state index contributed by atoms with van der Waals surface area (Å²) in [4.78, 5) is 4.19. The highest BCUT2D eigenvalue weighted by atomic mass is 16.3. The second-order valence-corrected chi connectivity index (χ2v) is 5.53. The third kappa shape index (κ3) is 6.76. The van der Waals surface area contributed by atoms with Crippen molar-refractivity contribution < 1.29 is 5.11 Å². The molecule has 0 aliphatic rings. The second-order valence-electron chi connectivity index (χ2n) is 5.53. The van der Waals surface area contributed by atoms with Crippen molar-refractivity contribution in [2.24, 2.45) is 7.05 Å². The van der Waals surface area contributed by atoms with Gasteiger partial charge in [0.15, 0.2) is 0 Å². The standard InChI is InChI=1S/C16H30N2O/c1-3-4-5-6-7-8-9-10-11-12-15(19)16-17-13-14-18(16)2/h13-15,19H,3-12H2,1-2H3. The molecule has 0 spiro atoms. The maximum Gasteiger partial charge on any atom is 0.137 e. The molecule has 1 rings (SSSR count). The van der Waals surface area contributed by atoms with Crippen molar-refractivity contribution in [3.8, 4) is 0 Å². The molecule has 3 nitrogen and oxygen atoms in total. The molecule has 110 valence electrons. The lowest BCUT2D eigenvalue weighted by Crippen LogP contribution is -2.05. The number of aromatic nitrogens is 2. The first kappa shape index (κ1) is 16.2. The molecule has 1 N–H and O–H groups in total. The molecule has 0 fully saturated rings. The summed E-state index contributed by atoms with van der Waals surface area (Å²) < 4.78 is 1.90. The molecule has 1 aromatic heterocycles. The van der Waals surface area contributed by atoms with Gasteiger partial charge in [-0.3, -0.25) is 0 Å². The van der Waals surface area contributed by atoms with Crippen LogP contribution in [0.1, 0.15) is 83.1 Å². The fourth-order valence-corrected chi connectivity index (χ4v) is 2.48. The highest BCUT2D eigenvalue weighted by Gasteiger charge is 2.11. The van der Waals surface area contributed by atoms with Gasteiger partial charge in [-0.2, -0.15) is 0 Å². The Hall–Kier alpha value is -0.830. The summed E-state index contributed by atoms with van der Waals surface area (Å²) in [5.41, 5.74) is 0. The average molecular weight is 266 g/mol. The Morgan fingerprint density at radius 1 is 1.05 bits per heavy atom. The normalized spacial score (nSPS) is 12.8. The molecule has 0 bridgehead atoms. The van der Waals surface area contributed by atoms with Crippen LogP contribution in [0.15, 0.2) is 12.4 Å². The summed E-state index contributed by atoms with van der Waals surface area (Å²) in [6.45, 7) is 2.26. The van der Waals surface area contributed by atoms with Gasteiger partial charge in [0.25, 0.3) is 0 Å². The molecular weight excluding hydrogens is 236 g/mol. The van der Waals surface area contributed by atoms with E-state index >= 15 is 0 Å². The van der Waals surface area contributed by atoms with E-state index < -0.39 is 6.10 Å². The Bertz CT molecular complexity index is 322. The zero-order valence-electron chi connectivity index (χ0n) is 12.6. The van der Waals surface area contributed by atoms with Crippen molar-refractivity contribution in [1.29, 1.82) is 0 Å². The highest BCUT2D eigenvalue weighted by molar-refractivity contribution is 4.95. The zero-order valence-corrected chi connectivity index (χ0v) is 12.6. The van der Waals surface area contributed by atoms with E-state index in [2.05, 4.69) is 11.9 Å². The fourth-order valence-electron chi connectivity index (χ4n) is 2.48. The quantitative estimate of drug-likeness (QED) is 0.604. The zero-order chi connectivity index (χ0) is 13.9. The van der Waals surface area contributed by atoms with Gasteiger partial charge in [-0.1, -0.05) is 64.7 Å². The van der Waals surface area contributed by atoms with Crippen LogP contribution < -0.4 is 0 Å². The molecule has 0 saturated heterocycles.